The molecule has 1 fully saturated rings. The fraction of sp³-hybridized carbons (Fsp3) is 0.533. The highest BCUT2D eigenvalue weighted by Gasteiger charge is 2.32. The van der Waals surface area contributed by atoms with E-state index in [1.165, 1.54) is 35.9 Å². The number of imidazole rings is 1. The summed E-state index contributed by atoms with van der Waals surface area (Å²) < 4.78 is 3.22. The topological polar surface area (TPSA) is 20.7 Å². The number of benzene rings is 1. The summed E-state index contributed by atoms with van der Waals surface area (Å²) in [4.78, 5) is 3.38. The molecule has 1 aromatic carbocycles. The van der Waals surface area contributed by atoms with Crippen LogP contribution < -0.4 is 0 Å². The average molecular weight is 260 g/mol. The minimum atomic E-state index is 0.451. The van der Waals surface area contributed by atoms with Gasteiger partial charge in [0.25, 0.3) is 0 Å². The summed E-state index contributed by atoms with van der Waals surface area (Å²) in [5, 5.41) is 0. The lowest BCUT2D eigenvalue weighted by atomic mass is 9.92. The summed E-state index contributed by atoms with van der Waals surface area (Å²) in [5.74, 6) is 0. The van der Waals surface area contributed by atoms with Crippen molar-refractivity contribution in [3.63, 3.8) is 0 Å². The van der Waals surface area contributed by atoms with Crippen molar-refractivity contribution in [2.45, 2.75) is 46.1 Å². The highest BCUT2D eigenvalue weighted by molar-refractivity contribution is 7.71. The quantitative estimate of drug-likeness (QED) is 0.733. The number of H-pyrrole nitrogens is 1. The summed E-state index contributed by atoms with van der Waals surface area (Å²) in [6.45, 7) is 6.85. The van der Waals surface area contributed by atoms with Gasteiger partial charge in [-0.25, -0.2) is 0 Å². The van der Waals surface area contributed by atoms with Crippen LogP contribution in [-0.2, 0) is 0 Å². The van der Waals surface area contributed by atoms with E-state index in [0.717, 1.165) is 4.77 Å². The molecule has 2 nitrogen and oxygen atoms in total. The predicted octanol–water partition coefficient (Wildman–Crippen LogP) is 4.76. The zero-order valence-electron chi connectivity index (χ0n) is 11.3. The molecule has 0 bridgehead atoms. The summed E-state index contributed by atoms with van der Waals surface area (Å²) >= 11 is 5.53. The first-order chi connectivity index (χ1) is 8.48. The van der Waals surface area contributed by atoms with Crippen molar-refractivity contribution in [1.29, 1.82) is 0 Å². The van der Waals surface area contributed by atoms with Crippen molar-refractivity contribution in [2.75, 3.05) is 0 Å². The Balaban J connectivity index is 2.16. The number of rotatable bonds is 1. The molecule has 1 unspecified atom stereocenters. The molecule has 1 heterocycles. The lowest BCUT2D eigenvalue weighted by Gasteiger charge is -2.18. The van der Waals surface area contributed by atoms with Crippen LogP contribution in [0, 0.1) is 17.1 Å². The number of hydrogen-bond acceptors (Lipinski definition) is 1. The molecule has 3 rings (SSSR count). The summed E-state index contributed by atoms with van der Waals surface area (Å²) in [6, 6.07) is 7.00. The first-order valence-electron chi connectivity index (χ1n) is 6.68. The zero-order chi connectivity index (χ0) is 12.9. The van der Waals surface area contributed by atoms with Gasteiger partial charge in [0.05, 0.1) is 11.0 Å². The highest BCUT2D eigenvalue weighted by atomic mass is 32.1. The van der Waals surface area contributed by atoms with Gasteiger partial charge in [-0.3, -0.25) is 0 Å². The first kappa shape index (κ1) is 12.0. The molecule has 1 aromatic heterocycles. The summed E-state index contributed by atoms with van der Waals surface area (Å²) in [7, 11) is 0. The smallest absolute Gasteiger partial charge is 0.178 e. The molecule has 0 spiro atoms. The van der Waals surface area contributed by atoms with Crippen LogP contribution in [0.4, 0.5) is 0 Å². The van der Waals surface area contributed by atoms with Gasteiger partial charge in [0.15, 0.2) is 4.77 Å². The molecule has 1 N–H and O–H groups in total. The fourth-order valence-electron chi connectivity index (χ4n) is 3.27. The van der Waals surface area contributed by atoms with Crippen molar-refractivity contribution in [3.05, 3.63) is 28.5 Å². The molecule has 96 valence electrons. The SMILES string of the molecule is Cc1cccc2c1[nH]c(=S)n2C1CCC(C)(C)C1. The van der Waals surface area contributed by atoms with Gasteiger partial charge in [0.1, 0.15) is 0 Å². The number of aromatic amines is 1. The normalized spacial score (nSPS) is 22.7. The molecule has 1 saturated carbocycles. The molecule has 1 aliphatic rings. The molecule has 0 amide bonds. The maximum Gasteiger partial charge on any atom is 0.178 e. The third-order valence-corrected chi connectivity index (χ3v) is 4.57. The van der Waals surface area contributed by atoms with Crippen molar-refractivity contribution in [2.24, 2.45) is 5.41 Å². The van der Waals surface area contributed by atoms with Gasteiger partial charge in [-0.1, -0.05) is 26.0 Å². The minimum absolute atomic E-state index is 0.451. The largest absolute Gasteiger partial charge is 0.330 e. The number of aryl methyl sites for hydroxylation is 1. The molecule has 0 aliphatic heterocycles. The van der Waals surface area contributed by atoms with Gasteiger partial charge in [-0.15, -0.1) is 0 Å². The van der Waals surface area contributed by atoms with Crippen molar-refractivity contribution in [1.82, 2.24) is 9.55 Å². The fourth-order valence-corrected chi connectivity index (χ4v) is 3.62. The number of nitrogens with zero attached hydrogens (tertiary/aromatic N) is 1. The second kappa shape index (κ2) is 3.95. The van der Waals surface area contributed by atoms with Crippen molar-refractivity contribution < 1.29 is 0 Å². The van der Waals surface area contributed by atoms with Crippen LogP contribution in [0.25, 0.3) is 11.0 Å². The second-order valence-corrected chi connectivity index (χ2v) is 6.72. The Morgan fingerprint density at radius 2 is 2.17 bits per heavy atom. The number of hydrogen-bond donors (Lipinski definition) is 1. The Morgan fingerprint density at radius 1 is 1.39 bits per heavy atom. The maximum atomic E-state index is 5.53. The van der Waals surface area contributed by atoms with Gasteiger partial charge in [-0.05, 0) is 55.4 Å². The summed E-state index contributed by atoms with van der Waals surface area (Å²) in [6.07, 6.45) is 3.75. The van der Waals surface area contributed by atoms with Crippen LogP contribution in [0.1, 0.15) is 44.7 Å². The first-order valence-corrected chi connectivity index (χ1v) is 7.09. The van der Waals surface area contributed by atoms with Gasteiger partial charge in [0, 0.05) is 6.04 Å². The number of para-hydroxylation sites is 1. The molecule has 0 radical (unpaired) electrons. The van der Waals surface area contributed by atoms with Crippen molar-refractivity contribution in [3.8, 4) is 0 Å². The minimum Gasteiger partial charge on any atom is -0.330 e. The van der Waals surface area contributed by atoms with Crippen LogP contribution in [0.5, 0.6) is 0 Å². The van der Waals surface area contributed by atoms with E-state index in [1.807, 2.05) is 0 Å². The van der Waals surface area contributed by atoms with E-state index in [9.17, 15) is 0 Å². The molecule has 1 aliphatic carbocycles. The zero-order valence-corrected chi connectivity index (χ0v) is 12.1. The van der Waals surface area contributed by atoms with E-state index in [1.54, 1.807) is 0 Å². The predicted molar refractivity (Wildman–Crippen MR) is 78.5 cm³/mol. The lowest BCUT2D eigenvalue weighted by Crippen LogP contribution is -2.09. The molecule has 2 aromatic rings. The Kier molecular flexibility index (Phi) is 2.63. The van der Waals surface area contributed by atoms with E-state index in [-0.39, 0.29) is 0 Å². The Hall–Kier alpha value is -1.09. The summed E-state index contributed by atoms with van der Waals surface area (Å²) in [5.41, 5.74) is 4.19. The number of aromatic nitrogens is 2. The Morgan fingerprint density at radius 3 is 2.83 bits per heavy atom. The standard InChI is InChI=1S/C15H20N2S/c1-10-5-4-6-12-13(10)16-14(18)17(12)11-7-8-15(2,3)9-11/h4-6,11H,7-9H2,1-3H3,(H,16,18). The van der Waals surface area contributed by atoms with Crippen LogP contribution in [0.3, 0.4) is 0 Å². The monoisotopic (exact) mass is 260 g/mol. The number of fused-ring (bicyclic) bond motifs is 1. The third kappa shape index (κ3) is 1.81. The van der Waals surface area contributed by atoms with Crippen LogP contribution >= 0.6 is 12.2 Å². The molecule has 3 heteroatoms. The maximum absolute atomic E-state index is 5.53. The van der Waals surface area contributed by atoms with E-state index in [2.05, 4.69) is 48.5 Å². The van der Waals surface area contributed by atoms with E-state index >= 15 is 0 Å². The molecular formula is C15H20N2S. The van der Waals surface area contributed by atoms with Crippen LogP contribution in [0.15, 0.2) is 18.2 Å². The van der Waals surface area contributed by atoms with E-state index in [4.69, 9.17) is 12.2 Å². The van der Waals surface area contributed by atoms with Gasteiger partial charge in [-0.2, -0.15) is 0 Å². The Labute approximate surface area is 113 Å². The molecule has 1 atom stereocenters. The van der Waals surface area contributed by atoms with Gasteiger partial charge in [0.2, 0.25) is 0 Å². The number of nitrogens with one attached hydrogen (secondary N) is 1. The highest BCUT2D eigenvalue weighted by Crippen LogP contribution is 2.44. The average Bonchev–Trinajstić information content (AvgIpc) is 2.79. The second-order valence-electron chi connectivity index (χ2n) is 6.33. The van der Waals surface area contributed by atoms with Crippen LogP contribution in [0.2, 0.25) is 0 Å². The lowest BCUT2D eigenvalue weighted by molar-refractivity contribution is 0.360. The van der Waals surface area contributed by atoms with Gasteiger partial charge < -0.3 is 9.55 Å². The molecular weight excluding hydrogens is 240 g/mol. The molecule has 18 heavy (non-hydrogen) atoms. The van der Waals surface area contributed by atoms with Gasteiger partial charge >= 0.3 is 0 Å². The van der Waals surface area contributed by atoms with E-state index < -0.39 is 0 Å². The van der Waals surface area contributed by atoms with E-state index in [0.29, 0.717) is 11.5 Å². The third-order valence-electron chi connectivity index (χ3n) is 4.27. The van der Waals surface area contributed by atoms with Crippen LogP contribution in [-0.4, -0.2) is 9.55 Å². The molecule has 0 saturated heterocycles. The van der Waals surface area contributed by atoms with Crippen molar-refractivity contribution >= 4 is 23.3 Å². The Bertz CT molecular complexity index is 648.